The van der Waals surface area contributed by atoms with E-state index in [1.807, 2.05) is 7.05 Å². The van der Waals surface area contributed by atoms with E-state index in [-0.39, 0.29) is 0 Å². The molecule has 0 amide bonds. The monoisotopic (exact) mass is 572 g/mol. The molecule has 3 rings (SSSR count). The van der Waals surface area contributed by atoms with Gasteiger partial charge in [-0.2, -0.15) is 5.10 Å². The van der Waals surface area contributed by atoms with Gasteiger partial charge in [-0.1, -0.05) is 25.5 Å². The molecule has 0 heterocycles. The molecular formula is C34H44N4O4. The Bertz CT molecular complexity index is 1400. The van der Waals surface area contributed by atoms with Crippen molar-refractivity contribution in [2.45, 2.75) is 52.4 Å². The number of nitrogens with zero attached hydrogens (tertiary/aromatic N) is 3. The van der Waals surface area contributed by atoms with Gasteiger partial charge >= 0.3 is 0 Å². The molecule has 0 aromatic heterocycles. The fourth-order valence-electron chi connectivity index (χ4n) is 4.97. The number of unbranched alkanes of at least 4 members (excludes halogenated alkanes) is 2. The molecule has 0 unspecified atom stereocenters. The lowest BCUT2D eigenvalue weighted by molar-refractivity contribution is 0.354. The summed E-state index contributed by atoms with van der Waals surface area (Å²) in [6.45, 7) is 7.62. The fourth-order valence-corrected chi connectivity index (χ4v) is 4.97. The Morgan fingerprint density at radius 3 is 1.81 bits per heavy atom. The molecule has 0 aliphatic heterocycles. The molecule has 0 bridgehead atoms. The number of nitrogens with one attached hydrogen (secondary N) is 1. The van der Waals surface area contributed by atoms with Crippen LogP contribution in [0.3, 0.4) is 0 Å². The van der Waals surface area contributed by atoms with Crippen LogP contribution >= 0.6 is 0 Å². The first kappa shape index (κ1) is 32.2. The van der Waals surface area contributed by atoms with E-state index < -0.39 is 0 Å². The minimum absolute atomic E-state index is 0.365. The topological polar surface area (TPSA) is 88.7 Å². The van der Waals surface area contributed by atoms with Crippen LogP contribution in [0.1, 0.15) is 60.9 Å². The second-order valence-corrected chi connectivity index (χ2v) is 10.0. The van der Waals surface area contributed by atoms with Gasteiger partial charge in [0.25, 0.3) is 0 Å². The summed E-state index contributed by atoms with van der Waals surface area (Å²) >= 11 is 0. The molecule has 0 aliphatic rings. The van der Waals surface area contributed by atoms with Crippen molar-refractivity contribution in [3.63, 3.8) is 0 Å². The average molecular weight is 573 g/mol. The number of hydrogen-bond acceptors (Lipinski definition) is 7. The Kier molecular flexibility index (Phi) is 12.0. The third-order valence-corrected chi connectivity index (χ3v) is 7.37. The van der Waals surface area contributed by atoms with Gasteiger partial charge in [-0.05, 0) is 98.8 Å². The number of aliphatic imine (C=N–C) groups is 1. The molecule has 0 saturated heterocycles. The summed E-state index contributed by atoms with van der Waals surface area (Å²) < 4.78 is 21.9. The van der Waals surface area contributed by atoms with Crippen LogP contribution in [-0.2, 0) is 19.3 Å². The quantitative estimate of drug-likeness (QED) is 0.0906. The summed E-state index contributed by atoms with van der Waals surface area (Å²) in [5.74, 6) is 3.06. The smallest absolute Gasteiger partial charge is 0.179 e. The van der Waals surface area contributed by atoms with E-state index >= 15 is 0 Å². The van der Waals surface area contributed by atoms with E-state index in [1.165, 1.54) is 16.7 Å². The lowest BCUT2D eigenvalue weighted by Gasteiger charge is -2.17. The summed E-state index contributed by atoms with van der Waals surface area (Å²) in [6.07, 6.45) is 6.43. The molecule has 8 heteroatoms. The number of rotatable bonds is 15. The SMILES string of the molecule is C=N/C(=N\N(C)c1ccc(CCCCCc2cc(OC)c(OC)cc2CC)cc1)c1cc(OC)c(OC)cc1C(C)=N. The van der Waals surface area contributed by atoms with Crippen LogP contribution in [0.4, 0.5) is 5.69 Å². The lowest BCUT2D eigenvalue weighted by atomic mass is 9.97. The van der Waals surface area contributed by atoms with E-state index in [0.29, 0.717) is 34.2 Å². The number of methoxy groups -OCH3 is 4. The molecule has 0 radical (unpaired) electrons. The third kappa shape index (κ3) is 7.90. The van der Waals surface area contributed by atoms with E-state index in [2.05, 4.69) is 55.0 Å². The predicted octanol–water partition coefficient (Wildman–Crippen LogP) is 7.13. The third-order valence-electron chi connectivity index (χ3n) is 7.37. The Labute approximate surface area is 250 Å². The highest BCUT2D eigenvalue weighted by atomic mass is 16.5. The molecule has 1 N–H and O–H groups in total. The number of hydrogen-bond donors (Lipinski definition) is 1. The van der Waals surface area contributed by atoms with Gasteiger partial charge in [0.1, 0.15) is 0 Å². The van der Waals surface area contributed by atoms with Crippen molar-refractivity contribution in [1.29, 1.82) is 5.41 Å². The van der Waals surface area contributed by atoms with Gasteiger partial charge in [0.2, 0.25) is 0 Å². The summed E-state index contributed by atoms with van der Waals surface area (Å²) in [5, 5.41) is 14.7. The van der Waals surface area contributed by atoms with Crippen molar-refractivity contribution in [3.8, 4) is 23.0 Å². The van der Waals surface area contributed by atoms with Crippen molar-refractivity contribution in [2.24, 2.45) is 10.1 Å². The highest BCUT2D eigenvalue weighted by Crippen LogP contribution is 2.33. The second-order valence-electron chi connectivity index (χ2n) is 10.0. The summed E-state index contributed by atoms with van der Waals surface area (Å²) in [7, 11) is 8.38. The fraction of sp³-hybridized carbons (Fsp3) is 0.382. The number of amidine groups is 1. The normalized spacial score (nSPS) is 11.2. The largest absolute Gasteiger partial charge is 0.493 e. The van der Waals surface area contributed by atoms with Crippen LogP contribution in [0.5, 0.6) is 23.0 Å². The zero-order valence-corrected chi connectivity index (χ0v) is 26.0. The molecule has 3 aromatic rings. The van der Waals surface area contributed by atoms with Gasteiger partial charge in [0, 0.05) is 23.9 Å². The van der Waals surface area contributed by atoms with Crippen LogP contribution in [0.25, 0.3) is 0 Å². The molecule has 0 atom stereocenters. The molecule has 0 fully saturated rings. The van der Waals surface area contributed by atoms with Crippen LogP contribution < -0.4 is 24.0 Å². The minimum atomic E-state index is 0.365. The molecule has 0 spiro atoms. The van der Waals surface area contributed by atoms with Crippen LogP contribution in [-0.4, -0.2) is 53.8 Å². The van der Waals surface area contributed by atoms with Gasteiger partial charge in [-0.3, -0.25) is 5.01 Å². The van der Waals surface area contributed by atoms with E-state index in [0.717, 1.165) is 55.7 Å². The van der Waals surface area contributed by atoms with Gasteiger partial charge in [-0.25, -0.2) is 4.99 Å². The molecule has 3 aromatic carbocycles. The summed E-state index contributed by atoms with van der Waals surface area (Å²) in [5.41, 5.74) is 6.54. The number of ether oxygens (including phenoxy) is 4. The highest BCUT2D eigenvalue weighted by molar-refractivity contribution is 6.12. The Balaban J connectivity index is 1.63. The molecule has 0 aliphatic carbocycles. The number of benzene rings is 3. The first-order chi connectivity index (χ1) is 20.3. The number of anilines is 1. The van der Waals surface area contributed by atoms with Gasteiger partial charge < -0.3 is 24.4 Å². The Hall–Kier alpha value is -4.33. The van der Waals surface area contributed by atoms with E-state index in [9.17, 15) is 0 Å². The van der Waals surface area contributed by atoms with Crippen molar-refractivity contribution in [3.05, 3.63) is 76.3 Å². The lowest BCUT2D eigenvalue weighted by Crippen LogP contribution is -2.15. The first-order valence-corrected chi connectivity index (χ1v) is 14.2. The van der Waals surface area contributed by atoms with Crippen molar-refractivity contribution < 1.29 is 18.9 Å². The van der Waals surface area contributed by atoms with Crippen LogP contribution in [0.15, 0.2) is 58.6 Å². The van der Waals surface area contributed by atoms with Crippen molar-refractivity contribution in [1.82, 2.24) is 0 Å². The van der Waals surface area contributed by atoms with Gasteiger partial charge in [0.05, 0.1) is 34.1 Å². The molecule has 0 saturated carbocycles. The molecule has 42 heavy (non-hydrogen) atoms. The maximum atomic E-state index is 8.25. The maximum Gasteiger partial charge on any atom is 0.179 e. The summed E-state index contributed by atoms with van der Waals surface area (Å²) in [4.78, 5) is 4.18. The van der Waals surface area contributed by atoms with Gasteiger partial charge in [0.15, 0.2) is 28.8 Å². The van der Waals surface area contributed by atoms with E-state index in [1.54, 1.807) is 52.5 Å². The molecule has 8 nitrogen and oxygen atoms in total. The van der Waals surface area contributed by atoms with Crippen LogP contribution in [0, 0.1) is 5.41 Å². The number of hydrazone groups is 1. The highest BCUT2D eigenvalue weighted by Gasteiger charge is 2.17. The second kappa shape index (κ2) is 15.6. The standard InChI is InChI=1S/C34H44N4O4/c1-9-25-19-30(39-5)31(40-6)20-26(25)14-12-10-11-13-24-15-17-27(18-16-24)38(4)37-34(36-3)29-22-33(42-8)32(41-7)21-28(29)23(2)35/h15-22,35H,3,9-14H2,1-2,4-8H3/b35-23?,37-34-. The minimum Gasteiger partial charge on any atom is -0.493 e. The predicted molar refractivity (Wildman–Crippen MR) is 173 cm³/mol. The van der Waals surface area contributed by atoms with Crippen molar-refractivity contribution >= 4 is 24.0 Å². The van der Waals surface area contributed by atoms with Gasteiger partial charge in [-0.15, -0.1) is 0 Å². The molecular weight excluding hydrogens is 528 g/mol. The maximum absolute atomic E-state index is 8.25. The van der Waals surface area contributed by atoms with E-state index in [4.69, 9.17) is 29.5 Å². The Morgan fingerprint density at radius 2 is 1.29 bits per heavy atom. The van der Waals surface area contributed by atoms with Crippen LogP contribution in [0.2, 0.25) is 0 Å². The zero-order chi connectivity index (χ0) is 30.6. The molecule has 224 valence electrons. The van der Waals surface area contributed by atoms with Crippen molar-refractivity contribution in [2.75, 3.05) is 40.5 Å². The Morgan fingerprint density at radius 1 is 0.762 bits per heavy atom. The summed E-state index contributed by atoms with van der Waals surface area (Å²) in [6, 6.07) is 16.2. The zero-order valence-electron chi connectivity index (χ0n) is 26.0. The average Bonchev–Trinajstić information content (AvgIpc) is 3.02. The number of aryl methyl sites for hydroxylation is 3. The first-order valence-electron chi connectivity index (χ1n) is 14.2.